The summed E-state index contributed by atoms with van der Waals surface area (Å²) >= 11 is 0. The lowest BCUT2D eigenvalue weighted by Crippen LogP contribution is -2.52. The number of nitrogens with zero attached hydrogens (tertiary/aromatic N) is 3. The highest BCUT2D eigenvalue weighted by Crippen LogP contribution is 2.30. The number of carboxylic acid groups (broad SMARTS) is 1. The van der Waals surface area contributed by atoms with Crippen molar-refractivity contribution in [3.8, 4) is 0 Å². The average molecular weight is 468 g/mol. The number of carbonyl (C=O) groups is 2. The topological polar surface area (TPSA) is 155 Å². The second-order valence-corrected chi connectivity index (χ2v) is 9.67. The molecule has 4 atom stereocenters. The lowest BCUT2D eigenvalue weighted by atomic mass is 9.87. The minimum Gasteiger partial charge on any atom is -0.481 e. The van der Waals surface area contributed by atoms with Crippen LogP contribution in [-0.2, 0) is 14.3 Å². The Morgan fingerprint density at radius 3 is 2.42 bits per heavy atom. The Labute approximate surface area is 196 Å². The summed E-state index contributed by atoms with van der Waals surface area (Å²) in [6.45, 7) is 3.05. The van der Waals surface area contributed by atoms with Gasteiger partial charge >= 0.3 is 5.97 Å². The molecule has 33 heavy (non-hydrogen) atoms. The van der Waals surface area contributed by atoms with Crippen LogP contribution in [0.1, 0.15) is 70.6 Å². The molecule has 0 radical (unpaired) electrons. The number of ether oxygens (including phenoxy) is 1. The quantitative estimate of drug-likeness (QED) is 0.297. The van der Waals surface area contributed by atoms with Crippen molar-refractivity contribution in [3.63, 3.8) is 0 Å². The third-order valence-corrected chi connectivity index (χ3v) is 7.30. The summed E-state index contributed by atoms with van der Waals surface area (Å²) in [5.74, 6) is -1.77. The summed E-state index contributed by atoms with van der Waals surface area (Å²) < 4.78 is 6.19. The zero-order chi connectivity index (χ0) is 23.8. The molecule has 2 saturated heterocycles. The average Bonchev–Trinajstić information content (AvgIpc) is 2.80. The first-order valence-electron chi connectivity index (χ1n) is 12.5. The van der Waals surface area contributed by atoms with Crippen molar-refractivity contribution in [3.05, 3.63) is 0 Å². The third kappa shape index (κ3) is 7.63. The predicted molar refractivity (Wildman–Crippen MR) is 125 cm³/mol. The van der Waals surface area contributed by atoms with Gasteiger partial charge in [0.2, 0.25) is 0 Å². The fraction of sp³-hybridized carbons (Fsp3) is 0.870. The molecule has 0 spiro atoms. The largest absolute Gasteiger partial charge is 0.481 e. The second-order valence-electron chi connectivity index (χ2n) is 9.67. The molecule has 2 heterocycles. The van der Waals surface area contributed by atoms with Crippen LogP contribution in [0.5, 0.6) is 0 Å². The maximum Gasteiger partial charge on any atom is 0.305 e. The van der Waals surface area contributed by atoms with Gasteiger partial charge < -0.3 is 31.3 Å². The Hall–Kier alpha value is -1.75. The van der Waals surface area contributed by atoms with Crippen LogP contribution in [0.4, 0.5) is 0 Å². The zero-order valence-electron chi connectivity index (χ0n) is 19.6. The summed E-state index contributed by atoms with van der Waals surface area (Å²) in [4.78, 5) is 30.8. The minimum absolute atomic E-state index is 0.0863. The monoisotopic (exact) mass is 467 g/mol. The number of hydrogen-bond acceptors (Lipinski definition) is 6. The first kappa shape index (κ1) is 25.9. The van der Waals surface area contributed by atoms with E-state index in [1.54, 1.807) is 0 Å². The lowest BCUT2D eigenvalue weighted by Gasteiger charge is -2.45. The van der Waals surface area contributed by atoms with E-state index in [4.69, 9.17) is 21.3 Å². The normalized spacial score (nSPS) is 29.1. The number of rotatable bonds is 8. The van der Waals surface area contributed by atoms with Crippen LogP contribution in [0.3, 0.4) is 0 Å². The number of hydrogen-bond donors (Lipinski definition) is 4. The molecule has 0 aromatic carbocycles. The molecule has 1 aliphatic carbocycles. The van der Waals surface area contributed by atoms with Crippen LogP contribution in [0, 0.1) is 0 Å². The number of aliphatic hydroxyl groups excluding tert-OH is 1. The number of guanidine groups is 1. The van der Waals surface area contributed by atoms with E-state index >= 15 is 0 Å². The van der Waals surface area contributed by atoms with E-state index in [9.17, 15) is 14.7 Å². The molecule has 3 rings (SSSR count). The molecule has 188 valence electrons. The van der Waals surface area contributed by atoms with Gasteiger partial charge in [-0.2, -0.15) is 4.99 Å². The fourth-order valence-corrected chi connectivity index (χ4v) is 5.41. The summed E-state index contributed by atoms with van der Waals surface area (Å²) in [7, 11) is 0. The van der Waals surface area contributed by atoms with Crippen molar-refractivity contribution in [1.82, 2.24) is 9.80 Å². The number of nitrogens with two attached hydrogens (primary N) is 2. The molecule has 0 aromatic heterocycles. The number of aliphatic carboxylic acids is 1. The molecule has 10 nitrogen and oxygen atoms in total. The van der Waals surface area contributed by atoms with Gasteiger partial charge in [-0.1, -0.05) is 19.3 Å². The van der Waals surface area contributed by atoms with Crippen molar-refractivity contribution in [2.45, 2.75) is 101 Å². The molecule has 0 aromatic rings. The van der Waals surface area contributed by atoms with Crippen molar-refractivity contribution < 1.29 is 24.5 Å². The molecule has 10 heteroatoms. The van der Waals surface area contributed by atoms with Crippen LogP contribution >= 0.6 is 0 Å². The Morgan fingerprint density at radius 2 is 1.73 bits per heavy atom. The molecule has 2 aliphatic heterocycles. The third-order valence-electron chi connectivity index (χ3n) is 7.30. The van der Waals surface area contributed by atoms with Crippen molar-refractivity contribution in [2.24, 2.45) is 16.5 Å². The lowest BCUT2D eigenvalue weighted by molar-refractivity contribution is -0.139. The van der Waals surface area contributed by atoms with Crippen LogP contribution < -0.4 is 11.5 Å². The first-order valence-corrected chi connectivity index (χ1v) is 12.5. The fourth-order valence-electron chi connectivity index (χ4n) is 5.41. The summed E-state index contributed by atoms with van der Waals surface area (Å²) in [5.41, 5.74) is 11.5. The maximum absolute atomic E-state index is 11.9. The Balaban J connectivity index is 1.39. The number of likely N-dealkylation sites (tertiary alicyclic amines) is 2. The van der Waals surface area contributed by atoms with Crippen LogP contribution in [0.2, 0.25) is 0 Å². The van der Waals surface area contributed by atoms with Gasteiger partial charge in [0, 0.05) is 31.8 Å². The zero-order valence-corrected chi connectivity index (χ0v) is 19.6. The number of carbonyl (C=O) groups excluding carboxylic acids is 1. The van der Waals surface area contributed by atoms with Crippen molar-refractivity contribution in [2.75, 3.05) is 26.2 Å². The highest BCUT2D eigenvalue weighted by atomic mass is 16.5. The van der Waals surface area contributed by atoms with Gasteiger partial charge in [-0.3, -0.25) is 14.5 Å². The van der Waals surface area contributed by atoms with Crippen LogP contribution in [0.25, 0.3) is 0 Å². The molecular formula is C23H41N5O5. The highest BCUT2D eigenvalue weighted by Gasteiger charge is 2.34. The molecule has 6 N–H and O–H groups in total. The minimum atomic E-state index is -1.18. The highest BCUT2D eigenvalue weighted by molar-refractivity contribution is 5.96. The van der Waals surface area contributed by atoms with Crippen molar-refractivity contribution >= 4 is 17.8 Å². The van der Waals surface area contributed by atoms with Gasteiger partial charge in [0.15, 0.2) is 5.96 Å². The Bertz CT molecular complexity index is 682. The van der Waals surface area contributed by atoms with Gasteiger partial charge in [-0.25, -0.2) is 0 Å². The number of aliphatic hydroxyl groups is 1. The molecule has 0 bridgehead atoms. The summed E-state index contributed by atoms with van der Waals surface area (Å²) in [6.07, 6.45) is 10.1. The number of aliphatic imine (C=N–C) groups is 1. The molecule has 1 saturated carbocycles. The molecule has 3 fully saturated rings. The summed E-state index contributed by atoms with van der Waals surface area (Å²) in [5, 5.41) is 19.3. The van der Waals surface area contributed by atoms with E-state index in [0.717, 1.165) is 45.1 Å². The second kappa shape index (κ2) is 12.6. The Kier molecular flexibility index (Phi) is 9.91. The maximum atomic E-state index is 11.9. The van der Waals surface area contributed by atoms with Crippen LogP contribution in [0.15, 0.2) is 4.99 Å². The number of amides is 1. The van der Waals surface area contributed by atoms with Gasteiger partial charge in [0.05, 0.1) is 24.7 Å². The smallest absolute Gasteiger partial charge is 0.305 e. The van der Waals surface area contributed by atoms with E-state index in [1.165, 1.54) is 25.7 Å². The first-order chi connectivity index (χ1) is 15.8. The Morgan fingerprint density at radius 1 is 1.03 bits per heavy atom. The van der Waals surface area contributed by atoms with E-state index in [1.807, 2.05) is 4.90 Å². The molecular weight excluding hydrogens is 426 g/mol. The predicted octanol–water partition coefficient (Wildman–Crippen LogP) is 0.659. The van der Waals surface area contributed by atoms with Gasteiger partial charge in [-0.15, -0.1) is 0 Å². The van der Waals surface area contributed by atoms with Crippen LogP contribution in [-0.4, -0.2) is 94.4 Å². The van der Waals surface area contributed by atoms with Gasteiger partial charge in [-0.05, 0) is 51.5 Å². The standard InChI is InChI=1S/C23H41N5O5/c24-18(15-21(30)31)22(32)26-23(25)27-12-8-17(9-13-27)33-14-10-16-5-3-4-11-28(16)19-6-1-2-7-20(19)29/h16-20,29H,1-15,24H2,(H,30,31)(H2,25,26,32)/t16-,18?,19+,20-/m0/s1. The van der Waals surface area contributed by atoms with E-state index in [0.29, 0.717) is 31.8 Å². The molecule has 1 unspecified atom stereocenters. The SMILES string of the molecule is NC(=NC(=O)C(N)CC(=O)O)N1CCC(OCC[C@@H]2CCCCN2[C@@H]2CCCC[C@@H]2O)CC1. The van der Waals surface area contributed by atoms with Gasteiger partial charge in [0.1, 0.15) is 0 Å². The number of carboxylic acids is 1. The van der Waals surface area contributed by atoms with Gasteiger partial charge in [0.25, 0.3) is 5.91 Å². The van der Waals surface area contributed by atoms with E-state index in [2.05, 4.69) is 9.89 Å². The number of piperidine rings is 2. The van der Waals surface area contributed by atoms with E-state index in [-0.39, 0.29) is 18.2 Å². The van der Waals surface area contributed by atoms with Crippen molar-refractivity contribution in [1.29, 1.82) is 0 Å². The molecule has 1 amide bonds. The van der Waals surface area contributed by atoms with E-state index < -0.39 is 24.3 Å². The summed E-state index contributed by atoms with van der Waals surface area (Å²) in [6, 6.07) is -0.391. The molecule has 3 aliphatic rings.